The van der Waals surface area contributed by atoms with E-state index in [1.807, 2.05) is 4.90 Å². The molecule has 2 fully saturated rings. The van der Waals surface area contributed by atoms with Crippen molar-refractivity contribution in [2.45, 2.75) is 25.4 Å². The largest absolute Gasteiger partial charge is 0.467 e. The number of ether oxygens (including phenoxy) is 1. The maximum Gasteiger partial charge on any atom is 0.260 e. The van der Waals surface area contributed by atoms with E-state index < -0.39 is 0 Å². The zero-order valence-electron chi connectivity index (χ0n) is 14.9. The Morgan fingerprint density at radius 3 is 3.15 bits per heavy atom. The predicted octanol–water partition coefficient (Wildman–Crippen LogP) is -0.192. The molecule has 4 heterocycles. The summed E-state index contributed by atoms with van der Waals surface area (Å²) in [7, 11) is 2.07. The van der Waals surface area contributed by atoms with E-state index in [1.165, 1.54) is 10.8 Å². The molecule has 2 atom stereocenters. The van der Waals surface area contributed by atoms with Crippen LogP contribution in [0.25, 0.3) is 5.65 Å². The molecule has 0 radical (unpaired) electrons. The Bertz CT molecular complexity index is 796. The van der Waals surface area contributed by atoms with Crippen molar-refractivity contribution in [2.24, 2.45) is 5.41 Å². The second-order valence-electron chi connectivity index (χ2n) is 7.42. The van der Waals surface area contributed by atoms with Crippen LogP contribution < -0.4 is 4.74 Å². The third kappa shape index (κ3) is 3.24. The lowest BCUT2D eigenvalue weighted by Gasteiger charge is -2.50. The number of aliphatic hydroxyl groups is 1. The minimum atomic E-state index is -0.354. The van der Waals surface area contributed by atoms with Crippen LogP contribution in [0.4, 0.5) is 0 Å². The van der Waals surface area contributed by atoms with E-state index in [1.54, 1.807) is 12.1 Å². The molecule has 0 aromatic carbocycles. The molecule has 2 aliphatic heterocycles. The highest BCUT2D eigenvalue weighted by molar-refractivity contribution is 5.78. The van der Waals surface area contributed by atoms with E-state index in [2.05, 4.69) is 27.2 Å². The third-order valence-electron chi connectivity index (χ3n) is 5.52. The van der Waals surface area contributed by atoms with Gasteiger partial charge in [0.1, 0.15) is 6.33 Å². The SMILES string of the molecule is CN1CC[C@H](O)[C@@]2(CCCN(C(=O)COc3ccc4nncn4n3)C2)C1. The first kappa shape index (κ1) is 17.2. The summed E-state index contributed by atoms with van der Waals surface area (Å²) in [6, 6.07) is 3.42. The van der Waals surface area contributed by atoms with Crippen molar-refractivity contribution in [1.29, 1.82) is 0 Å². The standard InChI is InChI=1S/C17H24N6O3/c1-21-8-5-13(24)17(10-21)6-2-7-22(11-17)16(25)9-26-15-4-3-14-19-18-12-23(14)20-15/h3-4,12-13,24H,2,5-11H2,1H3/t13-,17-/m0/s1. The van der Waals surface area contributed by atoms with Gasteiger partial charge in [-0.3, -0.25) is 4.79 Å². The quantitative estimate of drug-likeness (QED) is 0.810. The van der Waals surface area contributed by atoms with Gasteiger partial charge >= 0.3 is 0 Å². The van der Waals surface area contributed by atoms with Gasteiger partial charge in [-0.1, -0.05) is 0 Å². The van der Waals surface area contributed by atoms with E-state index in [4.69, 9.17) is 4.74 Å². The van der Waals surface area contributed by atoms with Crippen LogP contribution in [-0.2, 0) is 4.79 Å². The smallest absolute Gasteiger partial charge is 0.260 e. The van der Waals surface area contributed by atoms with Gasteiger partial charge in [0, 0.05) is 37.7 Å². The molecular weight excluding hydrogens is 336 g/mol. The van der Waals surface area contributed by atoms with Gasteiger partial charge in [0.2, 0.25) is 5.88 Å². The fourth-order valence-electron chi connectivity index (χ4n) is 4.16. The summed E-state index contributed by atoms with van der Waals surface area (Å²) >= 11 is 0. The number of aromatic nitrogens is 4. The summed E-state index contributed by atoms with van der Waals surface area (Å²) in [6.45, 7) is 2.95. The Balaban J connectivity index is 1.39. The number of fused-ring (bicyclic) bond motifs is 1. The van der Waals surface area contributed by atoms with Crippen molar-refractivity contribution in [1.82, 2.24) is 29.6 Å². The molecule has 4 rings (SSSR count). The van der Waals surface area contributed by atoms with Gasteiger partial charge in [-0.2, -0.15) is 4.52 Å². The third-order valence-corrected chi connectivity index (χ3v) is 5.52. The number of likely N-dealkylation sites (tertiary alicyclic amines) is 2. The van der Waals surface area contributed by atoms with Crippen LogP contribution in [0.5, 0.6) is 5.88 Å². The average Bonchev–Trinajstić information content (AvgIpc) is 3.11. The van der Waals surface area contributed by atoms with Crippen molar-refractivity contribution >= 4 is 11.6 Å². The minimum Gasteiger partial charge on any atom is -0.467 e. The van der Waals surface area contributed by atoms with Gasteiger partial charge in [-0.05, 0) is 32.4 Å². The topological polar surface area (TPSA) is 96.1 Å². The molecule has 26 heavy (non-hydrogen) atoms. The van der Waals surface area contributed by atoms with E-state index in [0.29, 0.717) is 24.6 Å². The van der Waals surface area contributed by atoms with Gasteiger partial charge in [0.15, 0.2) is 12.3 Å². The van der Waals surface area contributed by atoms with Gasteiger partial charge in [-0.25, -0.2) is 0 Å². The van der Waals surface area contributed by atoms with Crippen molar-refractivity contribution in [2.75, 3.05) is 39.8 Å². The summed E-state index contributed by atoms with van der Waals surface area (Å²) in [5, 5.41) is 22.4. The van der Waals surface area contributed by atoms with Crippen LogP contribution in [0, 0.1) is 5.41 Å². The summed E-state index contributed by atoms with van der Waals surface area (Å²) in [4.78, 5) is 16.7. The normalized spacial score (nSPS) is 27.2. The summed E-state index contributed by atoms with van der Waals surface area (Å²) in [6.07, 6.45) is 3.75. The number of hydrogen-bond acceptors (Lipinski definition) is 7. The lowest BCUT2D eigenvalue weighted by molar-refractivity contribution is -0.143. The summed E-state index contributed by atoms with van der Waals surface area (Å²) < 4.78 is 7.07. The predicted molar refractivity (Wildman–Crippen MR) is 92.6 cm³/mol. The van der Waals surface area contributed by atoms with Gasteiger partial charge < -0.3 is 19.6 Å². The molecule has 0 saturated carbocycles. The average molecular weight is 360 g/mol. The van der Waals surface area contributed by atoms with Crippen LogP contribution in [0.3, 0.4) is 0 Å². The van der Waals surface area contributed by atoms with E-state index >= 15 is 0 Å². The summed E-state index contributed by atoms with van der Waals surface area (Å²) in [5.41, 5.74) is 0.401. The molecular formula is C17H24N6O3. The molecule has 2 aliphatic rings. The fraction of sp³-hybridized carbons (Fsp3) is 0.647. The maximum absolute atomic E-state index is 12.6. The number of aliphatic hydroxyl groups excluding tert-OH is 1. The molecule has 140 valence electrons. The van der Waals surface area contributed by atoms with Gasteiger partial charge in [-0.15, -0.1) is 15.3 Å². The van der Waals surface area contributed by atoms with Crippen LogP contribution >= 0.6 is 0 Å². The second-order valence-corrected chi connectivity index (χ2v) is 7.42. The lowest BCUT2D eigenvalue weighted by atomic mass is 9.71. The molecule has 1 amide bonds. The first-order valence-electron chi connectivity index (χ1n) is 9.00. The van der Waals surface area contributed by atoms with Crippen LogP contribution in [0.1, 0.15) is 19.3 Å². The molecule has 9 heteroatoms. The Kier molecular flexibility index (Phi) is 4.49. The van der Waals surface area contributed by atoms with Crippen molar-refractivity contribution in [3.05, 3.63) is 18.5 Å². The monoisotopic (exact) mass is 360 g/mol. The number of amides is 1. The van der Waals surface area contributed by atoms with E-state index in [-0.39, 0.29) is 24.0 Å². The van der Waals surface area contributed by atoms with Crippen LogP contribution in [-0.4, -0.2) is 86.6 Å². The van der Waals surface area contributed by atoms with E-state index in [9.17, 15) is 9.90 Å². The Labute approximate surface area is 151 Å². The highest BCUT2D eigenvalue weighted by Gasteiger charge is 2.45. The van der Waals surface area contributed by atoms with E-state index in [0.717, 1.165) is 32.4 Å². The zero-order chi connectivity index (χ0) is 18.1. The molecule has 0 aliphatic carbocycles. The van der Waals surface area contributed by atoms with Gasteiger partial charge in [0.25, 0.3) is 5.91 Å². The number of carbonyl (C=O) groups is 1. The molecule has 0 bridgehead atoms. The highest BCUT2D eigenvalue weighted by atomic mass is 16.5. The Hall–Kier alpha value is -2.26. The Morgan fingerprint density at radius 2 is 2.27 bits per heavy atom. The molecule has 2 aromatic heterocycles. The van der Waals surface area contributed by atoms with Gasteiger partial charge in [0.05, 0.1) is 6.10 Å². The molecule has 1 spiro atoms. The van der Waals surface area contributed by atoms with Crippen molar-refractivity contribution in [3.63, 3.8) is 0 Å². The second kappa shape index (κ2) is 6.81. The van der Waals surface area contributed by atoms with Crippen molar-refractivity contribution in [3.8, 4) is 5.88 Å². The molecule has 9 nitrogen and oxygen atoms in total. The number of carbonyl (C=O) groups excluding carboxylic acids is 1. The molecule has 0 unspecified atom stereocenters. The van der Waals surface area contributed by atoms with Crippen LogP contribution in [0.15, 0.2) is 18.5 Å². The lowest BCUT2D eigenvalue weighted by Crippen LogP contribution is -2.59. The van der Waals surface area contributed by atoms with Crippen molar-refractivity contribution < 1.29 is 14.6 Å². The summed E-state index contributed by atoms with van der Waals surface area (Å²) in [5.74, 6) is 0.282. The fourth-order valence-corrected chi connectivity index (χ4v) is 4.16. The first-order valence-corrected chi connectivity index (χ1v) is 9.00. The minimum absolute atomic E-state index is 0.0668. The number of rotatable bonds is 3. The maximum atomic E-state index is 12.6. The number of hydrogen-bond donors (Lipinski definition) is 1. The first-order chi connectivity index (χ1) is 12.6. The highest BCUT2D eigenvalue weighted by Crippen LogP contribution is 2.38. The number of piperidine rings is 2. The van der Waals surface area contributed by atoms with Crippen LogP contribution in [0.2, 0.25) is 0 Å². The molecule has 2 saturated heterocycles. The zero-order valence-corrected chi connectivity index (χ0v) is 14.9. The molecule has 1 N–H and O–H groups in total. The number of nitrogens with zero attached hydrogens (tertiary/aromatic N) is 6. The molecule has 2 aromatic rings. The Morgan fingerprint density at radius 1 is 1.38 bits per heavy atom.